The van der Waals surface area contributed by atoms with Crippen molar-refractivity contribution in [3.8, 4) is 5.69 Å². The van der Waals surface area contributed by atoms with Gasteiger partial charge in [0.15, 0.2) is 5.16 Å². The number of carbonyl (C=O) groups excluding carboxylic acids is 1. The summed E-state index contributed by atoms with van der Waals surface area (Å²) in [5.74, 6) is -0.132. The first-order valence-electron chi connectivity index (χ1n) is 7.42. The van der Waals surface area contributed by atoms with Crippen LogP contribution in [0.3, 0.4) is 0 Å². The Hall–Kier alpha value is -2.02. The maximum absolute atomic E-state index is 12.4. The van der Waals surface area contributed by atoms with Crippen molar-refractivity contribution in [1.82, 2.24) is 14.8 Å². The Morgan fingerprint density at radius 3 is 2.64 bits per heavy atom. The van der Waals surface area contributed by atoms with Gasteiger partial charge in [0, 0.05) is 15.7 Å². The summed E-state index contributed by atoms with van der Waals surface area (Å²) in [4.78, 5) is 12.4. The van der Waals surface area contributed by atoms with E-state index in [1.54, 1.807) is 41.2 Å². The van der Waals surface area contributed by atoms with E-state index in [2.05, 4.69) is 15.5 Å². The fourth-order valence-electron chi connectivity index (χ4n) is 2.10. The van der Waals surface area contributed by atoms with Gasteiger partial charge in [-0.2, -0.15) is 0 Å². The van der Waals surface area contributed by atoms with Crippen LogP contribution in [0.1, 0.15) is 6.92 Å². The molecule has 0 aliphatic carbocycles. The first-order chi connectivity index (χ1) is 12.0. The van der Waals surface area contributed by atoms with Crippen molar-refractivity contribution in [2.24, 2.45) is 0 Å². The van der Waals surface area contributed by atoms with Crippen LogP contribution in [-0.2, 0) is 4.79 Å². The number of thioether (sulfide) groups is 1. The summed E-state index contributed by atoms with van der Waals surface area (Å²) in [5, 5.41) is 12.4. The van der Waals surface area contributed by atoms with Crippen molar-refractivity contribution in [2.75, 3.05) is 5.32 Å². The Morgan fingerprint density at radius 2 is 1.92 bits per heavy atom. The minimum atomic E-state index is -0.363. The van der Waals surface area contributed by atoms with Gasteiger partial charge in [-0.05, 0) is 49.4 Å². The number of halogens is 2. The monoisotopic (exact) mass is 392 g/mol. The topological polar surface area (TPSA) is 59.8 Å². The van der Waals surface area contributed by atoms with E-state index in [-0.39, 0.29) is 11.2 Å². The van der Waals surface area contributed by atoms with Crippen LogP contribution < -0.4 is 5.32 Å². The number of carbonyl (C=O) groups is 1. The van der Waals surface area contributed by atoms with E-state index in [4.69, 9.17) is 23.2 Å². The van der Waals surface area contributed by atoms with Gasteiger partial charge in [-0.3, -0.25) is 9.36 Å². The molecule has 8 heteroatoms. The van der Waals surface area contributed by atoms with Crippen LogP contribution in [0.25, 0.3) is 5.69 Å². The van der Waals surface area contributed by atoms with Crippen molar-refractivity contribution in [3.05, 3.63) is 64.9 Å². The van der Waals surface area contributed by atoms with Gasteiger partial charge in [0.1, 0.15) is 6.33 Å². The first kappa shape index (κ1) is 17.8. The molecule has 1 unspecified atom stereocenters. The van der Waals surface area contributed by atoms with Gasteiger partial charge in [-0.25, -0.2) is 0 Å². The molecule has 0 saturated heterocycles. The maximum atomic E-state index is 12.4. The van der Waals surface area contributed by atoms with Crippen LogP contribution in [0.4, 0.5) is 5.69 Å². The quantitative estimate of drug-likeness (QED) is 0.639. The maximum Gasteiger partial charge on any atom is 0.237 e. The SMILES string of the molecule is CC(Sc1nncn1-c1cccc(Cl)c1)C(=O)Nc1ccc(Cl)cc1. The van der Waals surface area contributed by atoms with E-state index < -0.39 is 0 Å². The molecule has 0 fully saturated rings. The largest absolute Gasteiger partial charge is 0.325 e. The van der Waals surface area contributed by atoms with Crippen molar-refractivity contribution < 1.29 is 4.79 Å². The summed E-state index contributed by atoms with van der Waals surface area (Å²) in [6, 6.07) is 14.3. The van der Waals surface area contributed by atoms with Gasteiger partial charge in [0.2, 0.25) is 5.91 Å². The lowest BCUT2D eigenvalue weighted by molar-refractivity contribution is -0.115. The number of aromatic nitrogens is 3. The predicted octanol–water partition coefficient (Wildman–Crippen LogP) is 4.69. The van der Waals surface area contributed by atoms with E-state index in [0.29, 0.717) is 20.9 Å². The average Bonchev–Trinajstić information content (AvgIpc) is 3.05. The number of nitrogens with one attached hydrogen (secondary N) is 1. The lowest BCUT2D eigenvalue weighted by atomic mass is 10.3. The van der Waals surface area contributed by atoms with Gasteiger partial charge in [0.25, 0.3) is 0 Å². The third-order valence-electron chi connectivity index (χ3n) is 3.37. The molecular weight excluding hydrogens is 379 g/mol. The highest BCUT2D eigenvalue weighted by molar-refractivity contribution is 8.00. The zero-order chi connectivity index (χ0) is 17.8. The van der Waals surface area contributed by atoms with E-state index in [9.17, 15) is 4.79 Å². The average molecular weight is 393 g/mol. The molecule has 3 aromatic rings. The van der Waals surface area contributed by atoms with Crippen LogP contribution in [0.15, 0.2) is 60.0 Å². The molecule has 1 heterocycles. The van der Waals surface area contributed by atoms with Crippen LogP contribution in [-0.4, -0.2) is 25.9 Å². The molecule has 1 atom stereocenters. The molecule has 128 valence electrons. The molecule has 0 aliphatic heterocycles. The second-order valence-corrected chi connectivity index (χ2v) is 7.40. The molecule has 1 aromatic heterocycles. The summed E-state index contributed by atoms with van der Waals surface area (Å²) >= 11 is 13.2. The van der Waals surface area contributed by atoms with Gasteiger partial charge in [-0.1, -0.05) is 41.0 Å². The third kappa shape index (κ3) is 4.54. The summed E-state index contributed by atoms with van der Waals surface area (Å²) in [7, 11) is 0. The van der Waals surface area contributed by atoms with E-state index in [0.717, 1.165) is 5.69 Å². The van der Waals surface area contributed by atoms with Crippen molar-refractivity contribution in [3.63, 3.8) is 0 Å². The number of rotatable bonds is 5. The number of hydrogen-bond acceptors (Lipinski definition) is 4. The fraction of sp³-hybridized carbons (Fsp3) is 0.118. The zero-order valence-electron chi connectivity index (χ0n) is 13.2. The van der Waals surface area contributed by atoms with Gasteiger partial charge in [-0.15, -0.1) is 10.2 Å². The van der Waals surface area contributed by atoms with E-state index in [1.165, 1.54) is 11.8 Å². The number of anilines is 1. The predicted molar refractivity (Wildman–Crippen MR) is 102 cm³/mol. The normalized spacial score (nSPS) is 12.0. The Balaban J connectivity index is 1.71. The van der Waals surface area contributed by atoms with Crippen LogP contribution in [0.5, 0.6) is 0 Å². The Morgan fingerprint density at radius 1 is 1.16 bits per heavy atom. The molecule has 0 radical (unpaired) electrons. The molecule has 2 aromatic carbocycles. The van der Waals surface area contributed by atoms with Crippen LogP contribution in [0, 0.1) is 0 Å². The number of amides is 1. The highest BCUT2D eigenvalue weighted by atomic mass is 35.5. The second-order valence-electron chi connectivity index (χ2n) is 5.22. The van der Waals surface area contributed by atoms with E-state index in [1.807, 2.05) is 25.1 Å². The Labute approximate surface area is 159 Å². The van der Waals surface area contributed by atoms with Crippen molar-refractivity contribution >= 4 is 46.6 Å². The number of nitrogens with zero attached hydrogens (tertiary/aromatic N) is 3. The van der Waals surface area contributed by atoms with Crippen LogP contribution >= 0.6 is 35.0 Å². The molecule has 0 spiro atoms. The Bertz CT molecular complexity index is 882. The van der Waals surface area contributed by atoms with Crippen molar-refractivity contribution in [1.29, 1.82) is 0 Å². The molecule has 0 aliphatic rings. The third-order valence-corrected chi connectivity index (χ3v) is 4.91. The highest BCUT2D eigenvalue weighted by Gasteiger charge is 2.18. The molecule has 1 N–H and O–H groups in total. The summed E-state index contributed by atoms with van der Waals surface area (Å²) in [5.41, 5.74) is 1.53. The number of benzene rings is 2. The standard InChI is InChI=1S/C17H14Cl2N4OS/c1-11(16(24)21-14-7-5-12(18)6-8-14)25-17-22-20-10-23(17)15-4-2-3-13(19)9-15/h2-11H,1H3,(H,21,24). The highest BCUT2D eigenvalue weighted by Crippen LogP contribution is 2.26. The lowest BCUT2D eigenvalue weighted by Gasteiger charge is -2.12. The first-order valence-corrected chi connectivity index (χ1v) is 9.05. The summed E-state index contributed by atoms with van der Waals surface area (Å²) < 4.78 is 1.79. The van der Waals surface area contributed by atoms with E-state index >= 15 is 0 Å². The van der Waals surface area contributed by atoms with Gasteiger partial charge >= 0.3 is 0 Å². The smallest absolute Gasteiger partial charge is 0.237 e. The van der Waals surface area contributed by atoms with Gasteiger partial charge in [0.05, 0.1) is 10.9 Å². The molecular formula is C17H14Cl2N4OS. The van der Waals surface area contributed by atoms with Gasteiger partial charge < -0.3 is 5.32 Å². The number of hydrogen-bond donors (Lipinski definition) is 1. The Kier molecular flexibility index (Phi) is 5.63. The summed E-state index contributed by atoms with van der Waals surface area (Å²) in [6.45, 7) is 1.81. The molecule has 3 rings (SSSR count). The van der Waals surface area contributed by atoms with Crippen molar-refractivity contribution in [2.45, 2.75) is 17.3 Å². The fourth-order valence-corrected chi connectivity index (χ4v) is 3.25. The minimum Gasteiger partial charge on any atom is -0.325 e. The lowest BCUT2D eigenvalue weighted by Crippen LogP contribution is -2.22. The molecule has 1 amide bonds. The molecule has 0 bridgehead atoms. The molecule has 0 saturated carbocycles. The minimum absolute atomic E-state index is 0.132. The zero-order valence-corrected chi connectivity index (χ0v) is 15.5. The second kappa shape index (κ2) is 7.91. The molecule has 5 nitrogen and oxygen atoms in total. The summed E-state index contributed by atoms with van der Waals surface area (Å²) in [6.07, 6.45) is 1.60. The molecule has 25 heavy (non-hydrogen) atoms. The van der Waals surface area contributed by atoms with Crippen LogP contribution in [0.2, 0.25) is 10.0 Å².